The highest BCUT2D eigenvalue weighted by atomic mass is 32.1. The maximum absolute atomic E-state index is 12.5. The summed E-state index contributed by atoms with van der Waals surface area (Å²) in [5, 5.41) is 1.98. The molecule has 128 valence electrons. The van der Waals surface area contributed by atoms with Crippen molar-refractivity contribution < 1.29 is 9.21 Å². The Bertz CT molecular complexity index is 672. The van der Waals surface area contributed by atoms with Gasteiger partial charge in [-0.1, -0.05) is 6.07 Å². The van der Waals surface area contributed by atoms with Gasteiger partial charge < -0.3 is 9.32 Å². The van der Waals surface area contributed by atoms with Crippen LogP contribution in [0.4, 0.5) is 0 Å². The third-order valence-electron chi connectivity index (χ3n) is 5.92. The molecule has 2 aliphatic rings. The molecule has 0 unspecified atom stereocenters. The van der Waals surface area contributed by atoms with Gasteiger partial charge in [0, 0.05) is 19.1 Å². The number of amides is 1. The fraction of sp³-hybridized carbons (Fsp3) is 0.526. The Labute approximate surface area is 147 Å². The zero-order valence-electron chi connectivity index (χ0n) is 14.1. The predicted octanol–water partition coefficient (Wildman–Crippen LogP) is 3.86. The van der Waals surface area contributed by atoms with Crippen LogP contribution in [0, 0.1) is 5.41 Å². The first-order valence-electron chi connectivity index (χ1n) is 8.73. The fourth-order valence-electron chi connectivity index (χ4n) is 4.42. The van der Waals surface area contributed by atoms with Gasteiger partial charge in [-0.05, 0) is 61.7 Å². The van der Waals surface area contributed by atoms with Crippen LogP contribution < -0.4 is 0 Å². The first kappa shape index (κ1) is 15.9. The average molecular weight is 344 g/mol. The van der Waals surface area contributed by atoms with Crippen molar-refractivity contribution in [1.82, 2.24) is 9.80 Å². The van der Waals surface area contributed by atoms with E-state index in [4.69, 9.17) is 4.42 Å². The van der Waals surface area contributed by atoms with Crippen molar-refractivity contribution in [2.45, 2.75) is 38.3 Å². The van der Waals surface area contributed by atoms with Gasteiger partial charge in [0.2, 0.25) is 0 Å². The van der Waals surface area contributed by atoms with Crippen molar-refractivity contribution in [2.75, 3.05) is 20.1 Å². The van der Waals surface area contributed by atoms with Crippen molar-refractivity contribution in [1.29, 1.82) is 0 Å². The van der Waals surface area contributed by atoms with Gasteiger partial charge in [-0.25, -0.2) is 0 Å². The summed E-state index contributed by atoms with van der Waals surface area (Å²) < 4.78 is 5.50. The van der Waals surface area contributed by atoms with E-state index in [1.165, 1.54) is 12.8 Å². The molecule has 1 spiro atoms. The van der Waals surface area contributed by atoms with Gasteiger partial charge in [-0.3, -0.25) is 9.69 Å². The summed E-state index contributed by atoms with van der Waals surface area (Å²) in [4.78, 5) is 17.9. The van der Waals surface area contributed by atoms with E-state index in [-0.39, 0.29) is 5.91 Å². The molecule has 0 N–H and O–H groups in total. The summed E-state index contributed by atoms with van der Waals surface area (Å²) in [6.07, 6.45) is 6.54. The molecule has 24 heavy (non-hydrogen) atoms. The van der Waals surface area contributed by atoms with Crippen LogP contribution in [0.1, 0.15) is 41.1 Å². The molecule has 1 aliphatic carbocycles. The molecule has 4 rings (SSSR count). The summed E-state index contributed by atoms with van der Waals surface area (Å²) in [5.41, 5.74) is 0.396. The maximum atomic E-state index is 12.5. The van der Waals surface area contributed by atoms with Crippen LogP contribution in [0.5, 0.6) is 0 Å². The summed E-state index contributed by atoms with van der Waals surface area (Å²) in [5.74, 6) is 1.24. The molecule has 2 aromatic heterocycles. The molecular weight excluding hydrogens is 320 g/mol. The van der Waals surface area contributed by atoms with E-state index in [9.17, 15) is 4.79 Å². The Balaban J connectivity index is 1.36. The number of thiophene rings is 1. The monoisotopic (exact) mass is 344 g/mol. The lowest BCUT2D eigenvalue weighted by Gasteiger charge is -2.56. The molecule has 1 saturated carbocycles. The van der Waals surface area contributed by atoms with Gasteiger partial charge in [0.1, 0.15) is 5.76 Å². The van der Waals surface area contributed by atoms with Gasteiger partial charge in [0.05, 0.1) is 17.7 Å². The molecule has 1 aliphatic heterocycles. The summed E-state index contributed by atoms with van der Waals surface area (Å²) >= 11 is 1.54. The molecule has 0 radical (unpaired) electrons. The molecule has 3 heterocycles. The fourth-order valence-corrected chi connectivity index (χ4v) is 5.11. The highest BCUT2D eigenvalue weighted by molar-refractivity contribution is 7.12. The van der Waals surface area contributed by atoms with E-state index in [2.05, 4.69) is 11.9 Å². The Hall–Kier alpha value is -1.59. The number of carbonyl (C=O) groups excluding carboxylic acids is 1. The van der Waals surface area contributed by atoms with E-state index in [0.717, 1.165) is 43.1 Å². The second kappa shape index (κ2) is 6.37. The van der Waals surface area contributed by atoms with Crippen molar-refractivity contribution in [3.05, 3.63) is 46.5 Å². The molecule has 1 amide bonds. The van der Waals surface area contributed by atoms with Crippen LogP contribution in [0.25, 0.3) is 0 Å². The van der Waals surface area contributed by atoms with Crippen molar-refractivity contribution in [2.24, 2.45) is 5.41 Å². The lowest BCUT2D eigenvalue weighted by molar-refractivity contribution is -0.0589. The van der Waals surface area contributed by atoms with Gasteiger partial charge in [0.15, 0.2) is 0 Å². The van der Waals surface area contributed by atoms with Gasteiger partial charge >= 0.3 is 0 Å². The standard InChI is InChI=1S/C19H24N2O2S/c1-20(14-15-4-2-12-23-15)17-6-7-19(17)8-10-21(11-9-19)18(22)16-5-3-13-24-16/h2-5,12-13,17H,6-11,14H2,1H3/t17-/m1/s1. The minimum atomic E-state index is 0.208. The zero-order valence-corrected chi connectivity index (χ0v) is 14.9. The minimum Gasteiger partial charge on any atom is -0.468 e. The van der Waals surface area contributed by atoms with Crippen molar-refractivity contribution >= 4 is 17.2 Å². The topological polar surface area (TPSA) is 36.7 Å². The Kier molecular flexibility index (Phi) is 4.22. The van der Waals surface area contributed by atoms with Crippen molar-refractivity contribution in [3.8, 4) is 0 Å². The highest BCUT2D eigenvalue weighted by Gasteiger charge is 2.50. The maximum Gasteiger partial charge on any atom is 0.263 e. The van der Waals surface area contributed by atoms with Gasteiger partial charge in [-0.15, -0.1) is 11.3 Å². The van der Waals surface area contributed by atoms with E-state index in [0.29, 0.717) is 11.5 Å². The number of hydrogen-bond acceptors (Lipinski definition) is 4. The van der Waals surface area contributed by atoms with Crippen LogP contribution in [0.2, 0.25) is 0 Å². The SMILES string of the molecule is CN(Cc1ccco1)[C@@H]1CCC12CCN(C(=O)c1cccs1)CC2. The van der Waals surface area contributed by atoms with Gasteiger partial charge in [0.25, 0.3) is 5.91 Å². The molecule has 1 atom stereocenters. The number of rotatable bonds is 4. The lowest BCUT2D eigenvalue weighted by atomic mass is 9.58. The third kappa shape index (κ3) is 2.80. The number of hydrogen-bond donors (Lipinski definition) is 0. The summed E-state index contributed by atoms with van der Waals surface area (Å²) in [6, 6.07) is 8.50. The van der Waals surface area contributed by atoms with E-state index in [1.54, 1.807) is 17.6 Å². The molecule has 2 aromatic rings. The van der Waals surface area contributed by atoms with Crippen LogP contribution in [-0.2, 0) is 6.54 Å². The molecule has 4 nitrogen and oxygen atoms in total. The Morgan fingerprint density at radius 1 is 1.33 bits per heavy atom. The highest BCUT2D eigenvalue weighted by Crippen LogP contribution is 2.51. The van der Waals surface area contributed by atoms with E-state index < -0.39 is 0 Å². The number of piperidine rings is 1. The lowest BCUT2D eigenvalue weighted by Crippen LogP contribution is -2.58. The smallest absolute Gasteiger partial charge is 0.263 e. The van der Waals surface area contributed by atoms with Crippen LogP contribution in [0.15, 0.2) is 40.3 Å². The molecule has 2 fully saturated rings. The Morgan fingerprint density at radius 3 is 2.75 bits per heavy atom. The van der Waals surface area contributed by atoms with Crippen molar-refractivity contribution in [3.63, 3.8) is 0 Å². The first-order valence-corrected chi connectivity index (χ1v) is 9.61. The van der Waals surface area contributed by atoms with Crippen LogP contribution >= 0.6 is 11.3 Å². The first-order chi connectivity index (χ1) is 11.7. The number of likely N-dealkylation sites (tertiary alicyclic amines) is 1. The normalized spacial score (nSPS) is 22.8. The molecule has 0 bridgehead atoms. The number of furan rings is 1. The molecule has 5 heteroatoms. The number of carbonyl (C=O) groups is 1. The molecular formula is C19H24N2O2S. The van der Waals surface area contributed by atoms with E-state index >= 15 is 0 Å². The molecule has 0 aromatic carbocycles. The summed E-state index contributed by atoms with van der Waals surface area (Å²) in [6.45, 7) is 2.65. The largest absolute Gasteiger partial charge is 0.468 e. The van der Waals surface area contributed by atoms with Crippen LogP contribution in [0.3, 0.4) is 0 Å². The number of nitrogens with zero attached hydrogens (tertiary/aromatic N) is 2. The zero-order chi connectivity index (χ0) is 16.6. The quantitative estimate of drug-likeness (QED) is 0.845. The predicted molar refractivity (Wildman–Crippen MR) is 95.1 cm³/mol. The van der Waals surface area contributed by atoms with Gasteiger partial charge in [-0.2, -0.15) is 0 Å². The van der Waals surface area contributed by atoms with E-state index in [1.807, 2.05) is 34.5 Å². The minimum absolute atomic E-state index is 0.208. The second-order valence-electron chi connectivity index (χ2n) is 7.18. The average Bonchev–Trinajstić information content (AvgIpc) is 3.26. The summed E-state index contributed by atoms with van der Waals surface area (Å²) in [7, 11) is 2.21. The molecule has 1 saturated heterocycles. The third-order valence-corrected chi connectivity index (χ3v) is 6.78. The van der Waals surface area contributed by atoms with Crippen LogP contribution in [-0.4, -0.2) is 41.9 Å². The Morgan fingerprint density at radius 2 is 2.17 bits per heavy atom. The second-order valence-corrected chi connectivity index (χ2v) is 8.13.